The van der Waals surface area contributed by atoms with Gasteiger partial charge in [-0.2, -0.15) is 0 Å². The lowest BCUT2D eigenvalue weighted by Gasteiger charge is -2.65. The number of nitrogens with one attached hydrogen (secondary N) is 1. The fourth-order valence-electron chi connectivity index (χ4n) is 7.96. The summed E-state index contributed by atoms with van der Waals surface area (Å²) in [6, 6.07) is 6.60. The smallest absolute Gasteiger partial charge is 0.216 e. The average Bonchev–Trinajstić information content (AvgIpc) is 3.28. The maximum atomic E-state index is 12.5. The Morgan fingerprint density at radius 2 is 2.13 bits per heavy atom. The highest BCUT2D eigenvalue weighted by molar-refractivity contribution is 5.73. The second kappa shape index (κ2) is 6.72. The van der Waals surface area contributed by atoms with Crippen molar-refractivity contribution in [1.82, 2.24) is 10.2 Å². The highest BCUT2D eigenvalue weighted by Gasteiger charge is 2.75. The summed E-state index contributed by atoms with van der Waals surface area (Å²) in [5.74, 6) is 0.712. The van der Waals surface area contributed by atoms with Gasteiger partial charge in [-0.3, -0.25) is 9.69 Å². The number of hydrogen-bond acceptors (Lipinski definition) is 5. The van der Waals surface area contributed by atoms with E-state index in [1.54, 1.807) is 7.11 Å². The predicted octanol–water partition coefficient (Wildman–Crippen LogP) is 2.31. The zero-order valence-electron chi connectivity index (χ0n) is 19.3. The summed E-state index contributed by atoms with van der Waals surface area (Å²) in [5, 5.41) is 15.5. The molecule has 3 heterocycles. The van der Waals surface area contributed by atoms with Gasteiger partial charge in [0.2, 0.25) is 5.91 Å². The van der Waals surface area contributed by atoms with Gasteiger partial charge in [0, 0.05) is 55.7 Å². The fraction of sp³-hybridized carbons (Fsp3) is 0.640. The Balaban J connectivity index is 1.78. The van der Waals surface area contributed by atoms with Crippen LogP contribution in [0.25, 0.3) is 0 Å². The van der Waals surface area contributed by atoms with Gasteiger partial charge < -0.3 is 20.1 Å². The van der Waals surface area contributed by atoms with E-state index in [1.165, 1.54) is 12.5 Å². The van der Waals surface area contributed by atoms with E-state index in [4.69, 9.17) is 4.74 Å². The van der Waals surface area contributed by atoms with Crippen LogP contribution in [0.5, 0.6) is 5.75 Å². The van der Waals surface area contributed by atoms with Gasteiger partial charge in [0.1, 0.15) is 11.4 Å². The minimum absolute atomic E-state index is 0.0178. The zero-order valence-corrected chi connectivity index (χ0v) is 19.3. The number of carbonyl (C=O) groups is 1. The van der Waals surface area contributed by atoms with Crippen molar-refractivity contribution in [3.8, 4) is 5.75 Å². The summed E-state index contributed by atoms with van der Waals surface area (Å²) in [4.78, 5) is 16.8. The number of benzene rings is 1. The molecule has 2 N–H and O–H groups in total. The molecule has 1 saturated carbocycles. The third-order valence-corrected chi connectivity index (χ3v) is 9.17. The third kappa shape index (κ3) is 2.38. The molecule has 2 fully saturated rings. The number of methoxy groups -OCH3 is 1. The molecule has 0 radical (unpaired) electrons. The first-order chi connectivity index (χ1) is 14.8. The molecule has 4 aliphatic rings. The molecule has 0 aromatic heterocycles. The van der Waals surface area contributed by atoms with E-state index >= 15 is 0 Å². The molecule has 1 aromatic carbocycles. The van der Waals surface area contributed by atoms with Crippen molar-refractivity contribution in [3.63, 3.8) is 0 Å². The maximum absolute atomic E-state index is 12.5. The van der Waals surface area contributed by atoms with E-state index in [-0.39, 0.29) is 35.2 Å². The van der Waals surface area contributed by atoms with E-state index in [9.17, 15) is 9.90 Å². The number of carbonyl (C=O) groups excluding carboxylic acids is 1. The molecule has 6 heteroatoms. The molecule has 3 aliphatic heterocycles. The van der Waals surface area contributed by atoms with Crippen molar-refractivity contribution in [2.75, 3.05) is 38.7 Å². The van der Waals surface area contributed by atoms with Crippen LogP contribution < -0.4 is 15.0 Å². The number of anilines is 1. The molecule has 1 aromatic rings. The van der Waals surface area contributed by atoms with Gasteiger partial charge in [0.25, 0.3) is 0 Å². The van der Waals surface area contributed by atoms with Crippen LogP contribution in [0.15, 0.2) is 30.4 Å². The quantitative estimate of drug-likeness (QED) is 0.725. The minimum Gasteiger partial charge on any atom is -0.497 e. The lowest BCUT2D eigenvalue weighted by molar-refractivity contribution is -0.156. The lowest BCUT2D eigenvalue weighted by atomic mass is 9.45. The predicted molar refractivity (Wildman–Crippen MR) is 122 cm³/mol. The summed E-state index contributed by atoms with van der Waals surface area (Å²) < 4.78 is 5.55. The van der Waals surface area contributed by atoms with Gasteiger partial charge in [-0.15, -0.1) is 0 Å². The second-order valence-electron chi connectivity index (χ2n) is 10.1. The number of hydrogen-bond donors (Lipinski definition) is 2. The Kier molecular flexibility index (Phi) is 4.52. The van der Waals surface area contributed by atoms with Crippen LogP contribution in [0.4, 0.5) is 5.69 Å². The van der Waals surface area contributed by atoms with Gasteiger partial charge in [0.15, 0.2) is 0 Å². The van der Waals surface area contributed by atoms with Crippen LogP contribution in [0, 0.1) is 11.3 Å². The Morgan fingerprint density at radius 1 is 1.35 bits per heavy atom. The standard InChI is InChI=1S/C25H35N3O3/c1-6-23-10-7-12-28-13-11-24(21(23)28)19-9-8-18(31-5)14-20(19)27(4)22(24)25(30,16(23)2)15-26-17(3)29/h7-10,14,16,21-22,30H,6,11-13,15H2,1-5H3,(H,26,29)/t16-,21?,22-,23+,24-,25-/m1/s1. The number of aliphatic hydroxyl groups is 1. The normalized spacial score (nSPS) is 40.3. The molecule has 6 atom stereocenters. The average molecular weight is 426 g/mol. The molecule has 1 amide bonds. The molecular weight excluding hydrogens is 390 g/mol. The number of nitrogens with zero attached hydrogens (tertiary/aromatic N) is 2. The van der Waals surface area contributed by atoms with Crippen molar-refractivity contribution in [2.24, 2.45) is 11.3 Å². The first-order valence-electron chi connectivity index (χ1n) is 11.6. The van der Waals surface area contributed by atoms with Gasteiger partial charge in [-0.05, 0) is 36.9 Å². The van der Waals surface area contributed by atoms with E-state index in [1.807, 2.05) is 0 Å². The van der Waals surface area contributed by atoms with Crippen molar-refractivity contribution >= 4 is 11.6 Å². The van der Waals surface area contributed by atoms with Crippen LogP contribution in [0.2, 0.25) is 0 Å². The van der Waals surface area contributed by atoms with Gasteiger partial charge in [-0.1, -0.05) is 32.1 Å². The van der Waals surface area contributed by atoms with Crippen LogP contribution in [0.1, 0.15) is 39.2 Å². The minimum atomic E-state index is -1.07. The number of rotatable bonds is 4. The highest BCUT2D eigenvalue weighted by Crippen LogP contribution is 2.68. The molecule has 6 nitrogen and oxygen atoms in total. The Labute approximate surface area is 185 Å². The second-order valence-corrected chi connectivity index (χ2v) is 10.1. The number of amides is 1. The SMILES string of the molecule is CC[C@]12C=CCN3CC[C@@]4(c5ccc(OC)cc5N(C)[C@H]4[C@@](O)(CNC(C)=O)[C@@H]1C)C32. The molecule has 168 valence electrons. The number of fused-ring (bicyclic) bond motifs is 1. The highest BCUT2D eigenvalue weighted by atomic mass is 16.5. The van der Waals surface area contributed by atoms with E-state index in [0.29, 0.717) is 6.04 Å². The summed E-state index contributed by atoms with van der Waals surface area (Å²) in [6.45, 7) is 8.22. The molecule has 1 spiro atoms. The zero-order chi connectivity index (χ0) is 22.2. The molecule has 0 bridgehead atoms. The summed E-state index contributed by atoms with van der Waals surface area (Å²) in [5.41, 5.74) is 1.03. The van der Waals surface area contributed by atoms with Crippen LogP contribution in [-0.4, -0.2) is 67.4 Å². The Hall–Kier alpha value is -2.05. The summed E-state index contributed by atoms with van der Waals surface area (Å²) in [7, 11) is 3.80. The van der Waals surface area contributed by atoms with Crippen LogP contribution in [0.3, 0.4) is 0 Å². The van der Waals surface area contributed by atoms with E-state index in [2.05, 4.69) is 66.4 Å². The van der Waals surface area contributed by atoms with Gasteiger partial charge in [-0.25, -0.2) is 0 Å². The van der Waals surface area contributed by atoms with Crippen LogP contribution in [-0.2, 0) is 10.2 Å². The Morgan fingerprint density at radius 3 is 2.81 bits per heavy atom. The van der Waals surface area contributed by atoms with E-state index < -0.39 is 5.60 Å². The topological polar surface area (TPSA) is 65.0 Å². The summed E-state index contributed by atoms with van der Waals surface area (Å²) in [6.07, 6.45) is 6.65. The monoisotopic (exact) mass is 425 g/mol. The van der Waals surface area contributed by atoms with Crippen LogP contribution >= 0.6 is 0 Å². The van der Waals surface area contributed by atoms with Gasteiger partial charge in [0.05, 0.1) is 13.2 Å². The molecular formula is C25H35N3O3. The Bertz CT molecular complexity index is 948. The number of likely N-dealkylation sites (N-methyl/N-ethyl adjacent to an activating group) is 1. The van der Waals surface area contributed by atoms with Crippen molar-refractivity contribution in [1.29, 1.82) is 0 Å². The molecule has 1 unspecified atom stereocenters. The first-order valence-corrected chi connectivity index (χ1v) is 11.6. The largest absolute Gasteiger partial charge is 0.497 e. The third-order valence-electron chi connectivity index (χ3n) is 9.17. The van der Waals surface area contributed by atoms with E-state index in [0.717, 1.165) is 37.4 Å². The lowest BCUT2D eigenvalue weighted by Crippen LogP contribution is -2.77. The van der Waals surface area contributed by atoms with Crippen molar-refractivity contribution in [3.05, 3.63) is 35.9 Å². The molecule has 31 heavy (non-hydrogen) atoms. The molecule has 5 rings (SSSR count). The first kappa shape index (κ1) is 20.8. The number of ether oxygens (including phenoxy) is 1. The maximum Gasteiger partial charge on any atom is 0.216 e. The van der Waals surface area contributed by atoms with Gasteiger partial charge >= 0.3 is 0 Å². The van der Waals surface area contributed by atoms with Crippen molar-refractivity contribution < 1.29 is 14.6 Å². The molecule has 1 aliphatic carbocycles. The fourth-order valence-corrected chi connectivity index (χ4v) is 7.96. The summed E-state index contributed by atoms with van der Waals surface area (Å²) >= 11 is 0. The molecule has 1 saturated heterocycles. The van der Waals surface area contributed by atoms with Crippen molar-refractivity contribution in [2.45, 2.75) is 56.7 Å².